The van der Waals surface area contributed by atoms with Crippen LogP contribution in [0.5, 0.6) is 0 Å². The highest BCUT2D eigenvalue weighted by Crippen LogP contribution is 2.21. The molecule has 0 heterocycles. The van der Waals surface area contributed by atoms with Gasteiger partial charge in [-0.15, -0.1) is 0 Å². The highest BCUT2D eigenvalue weighted by atomic mass is 32.2. The predicted molar refractivity (Wildman–Crippen MR) is 89.8 cm³/mol. The minimum absolute atomic E-state index is 0.117. The number of nitrogens with one attached hydrogen (secondary N) is 1. The lowest BCUT2D eigenvalue weighted by Crippen LogP contribution is -2.13. The molecule has 0 radical (unpaired) electrons. The fourth-order valence-corrected chi connectivity index (χ4v) is 3.10. The molecule has 23 heavy (non-hydrogen) atoms. The predicted octanol–water partition coefficient (Wildman–Crippen LogP) is 3.20. The molecule has 0 aliphatic carbocycles. The van der Waals surface area contributed by atoms with Crippen molar-refractivity contribution >= 4 is 27.8 Å². The average molecular weight is 331 g/mol. The van der Waals surface area contributed by atoms with Crippen LogP contribution in [0.25, 0.3) is 6.08 Å². The molecule has 0 spiro atoms. The lowest BCUT2D eigenvalue weighted by molar-refractivity contribution is -0.131. The maximum Gasteiger partial charge on any atom is 0.328 e. The van der Waals surface area contributed by atoms with E-state index in [-0.39, 0.29) is 4.90 Å². The van der Waals surface area contributed by atoms with Crippen LogP contribution in [0.2, 0.25) is 0 Å². The Hall–Kier alpha value is -2.60. The molecule has 0 bridgehead atoms. The number of hydrogen-bond acceptors (Lipinski definition) is 3. The smallest absolute Gasteiger partial charge is 0.328 e. The summed E-state index contributed by atoms with van der Waals surface area (Å²) in [6, 6.07) is 11.5. The van der Waals surface area contributed by atoms with Crippen molar-refractivity contribution in [2.75, 3.05) is 4.72 Å². The maximum atomic E-state index is 12.4. The topological polar surface area (TPSA) is 83.5 Å². The minimum Gasteiger partial charge on any atom is -0.478 e. The third-order valence-electron chi connectivity index (χ3n) is 3.25. The Kier molecular flexibility index (Phi) is 4.86. The molecule has 0 amide bonds. The summed E-state index contributed by atoms with van der Waals surface area (Å²) >= 11 is 0. The van der Waals surface area contributed by atoms with Crippen molar-refractivity contribution in [3.63, 3.8) is 0 Å². The average Bonchev–Trinajstić information content (AvgIpc) is 2.49. The molecule has 2 N–H and O–H groups in total. The molecule has 0 aliphatic rings. The van der Waals surface area contributed by atoms with Crippen LogP contribution < -0.4 is 4.72 Å². The Balaban J connectivity index is 2.26. The van der Waals surface area contributed by atoms with Crippen molar-refractivity contribution in [1.82, 2.24) is 0 Å². The van der Waals surface area contributed by atoms with Gasteiger partial charge in [0.2, 0.25) is 0 Å². The van der Waals surface area contributed by atoms with Gasteiger partial charge in [0.1, 0.15) is 0 Å². The fourth-order valence-electron chi connectivity index (χ4n) is 1.98. The zero-order valence-corrected chi connectivity index (χ0v) is 13.6. The third kappa shape index (κ3) is 4.43. The summed E-state index contributed by atoms with van der Waals surface area (Å²) in [4.78, 5) is 10.6. The van der Waals surface area contributed by atoms with E-state index in [1.54, 1.807) is 18.2 Å². The van der Waals surface area contributed by atoms with Crippen molar-refractivity contribution in [3.8, 4) is 0 Å². The minimum atomic E-state index is -3.69. The number of carboxylic acids is 1. The number of aryl methyl sites for hydroxylation is 2. The van der Waals surface area contributed by atoms with E-state index in [1.807, 2.05) is 26.0 Å². The van der Waals surface area contributed by atoms with E-state index in [0.717, 1.165) is 17.2 Å². The molecule has 5 nitrogen and oxygen atoms in total. The van der Waals surface area contributed by atoms with Gasteiger partial charge >= 0.3 is 5.97 Å². The van der Waals surface area contributed by atoms with Gasteiger partial charge < -0.3 is 5.11 Å². The summed E-state index contributed by atoms with van der Waals surface area (Å²) < 4.78 is 27.4. The molecular weight excluding hydrogens is 314 g/mol. The summed E-state index contributed by atoms with van der Waals surface area (Å²) in [5, 5.41) is 8.58. The number of anilines is 1. The largest absolute Gasteiger partial charge is 0.478 e. The lowest BCUT2D eigenvalue weighted by atomic mass is 10.1. The zero-order chi connectivity index (χ0) is 17.0. The number of aliphatic carboxylic acids is 1. The van der Waals surface area contributed by atoms with Crippen molar-refractivity contribution in [1.29, 1.82) is 0 Å². The first-order valence-electron chi connectivity index (χ1n) is 6.89. The first-order chi connectivity index (χ1) is 10.8. The van der Waals surface area contributed by atoms with E-state index >= 15 is 0 Å². The van der Waals surface area contributed by atoms with Crippen LogP contribution in [0.3, 0.4) is 0 Å². The monoisotopic (exact) mass is 331 g/mol. The first-order valence-corrected chi connectivity index (χ1v) is 8.37. The van der Waals surface area contributed by atoms with Crippen LogP contribution >= 0.6 is 0 Å². The number of carboxylic acid groups (broad SMARTS) is 1. The molecule has 2 aromatic carbocycles. The number of carbonyl (C=O) groups is 1. The summed E-state index contributed by atoms with van der Waals surface area (Å²) in [6.07, 6.45) is 2.40. The molecule has 0 saturated heterocycles. The van der Waals surface area contributed by atoms with E-state index < -0.39 is 16.0 Å². The quantitative estimate of drug-likeness (QED) is 0.824. The Morgan fingerprint density at radius 3 is 2.35 bits per heavy atom. The van der Waals surface area contributed by atoms with E-state index in [9.17, 15) is 13.2 Å². The molecule has 0 aliphatic heterocycles. The molecule has 6 heteroatoms. The highest BCUT2D eigenvalue weighted by molar-refractivity contribution is 7.92. The maximum absolute atomic E-state index is 12.4. The number of benzene rings is 2. The van der Waals surface area contributed by atoms with Gasteiger partial charge in [0.25, 0.3) is 10.0 Å². The van der Waals surface area contributed by atoms with Crippen molar-refractivity contribution < 1.29 is 18.3 Å². The van der Waals surface area contributed by atoms with Crippen LogP contribution in [0, 0.1) is 13.8 Å². The van der Waals surface area contributed by atoms with Gasteiger partial charge in [-0.05, 0) is 54.8 Å². The fraction of sp³-hybridized carbons (Fsp3) is 0.118. The highest BCUT2D eigenvalue weighted by Gasteiger charge is 2.15. The molecule has 2 aromatic rings. The molecular formula is C17H17NO4S. The SMILES string of the molecule is Cc1ccc(C)c(NS(=O)(=O)c2ccc(C=CC(=O)O)cc2)c1. The van der Waals surface area contributed by atoms with Crippen molar-refractivity contribution in [3.05, 3.63) is 65.2 Å². The van der Waals surface area contributed by atoms with Crippen LogP contribution in [0.4, 0.5) is 5.69 Å². The molecule has 120 valence electrons. The normalized spacial score (nSPS) is 11.6. The summed E-state index contributed by atoms with van der Waals surface area (Å²) in [6.45, 7) is 3.72. The second-order valence-corrected chi connectivity index (χ2v) is 6.85. The van der Waals surface area contributed by atoms with Crippen molar-refractivity contribution in [2.24, 2.45) is 0 Å². The summed E-state index contributed by atoms with van der Waals surface area (Å²) in [7, 11) is -3.69. The second-order valence-electron chi connectivity index (χ2n) is 5.16. The van der Waals surface area contributed by atoms with Gasteiger partial charge in [-0.3, -0.25) is 4.72 Å². The Labute approximate surface area is 135 Å². The van der Waals surface area contributed by atoms with E-state index in [0.29, 0.717) is 11.3 Å². The van der Waals surface area contributed by atoms with Crippen molar-refractivity contribution in [2.45, 2.75) is 18.7 Å². The van der Waals surface area contributed by atoms with Gasteiger partial charge in [0, 0.05) is 6.08 Å². The van der Waals surface area contributed by atoms with E-state index in [4.69, 9.17) is 5.11 Å². The van der Waals surface area contributed by atoms with Crippen LogP contribution in [-0.4, -0.2) is 19.5 Å². The van der Waals surface area contributed by atoms with Gasteiger partial charge in [-0.1, -0.05) is 24.3 Å². The molecule has 0 unspecified atom stereocenters. The van der Waals surface area contributed by atoms with Crippen LogP contribution in [-0.2, 0) is 14.8 Å². The van der Waals surface area contributed by atoms with E-state index in [2.05, 4.69) is 4.72 Å². The van der Waals surface area contributed by atoms with Gasteiger partial charge in [0.05, 0.1) is 10.6 Å². The second kappa shape index (κ2) is 6.66. The lowest BCUT2D eigenvalue weighted by Gasteiger charge is -2.11. The molecule has 0 fully saturated rings. The molecule has 0 atom stereocenters. The van der Waals surface area contributed by atoms with E-state index in [1.165, 1.54) is 18.2 Å². The zero-order valence-electron chi connectivity index (χ0n) is 12.8. The number of hydrogen-bond donors (Lipinski definition) is 2. The summed E-state index contributed by atoms with van der Waals surface area (Å²) in [5.74, 6) is -1.06. The molecule has 0 aromatic heterocycles. The van der Waals surface area contributed by atoms with Crippen LogP contribution in [0.15, 0.2) is 53.4 Å². The van der Waals surface area contributed by atoms with Gasteiger partial charge in [0.15, 0.2) is 0 Å². The van der Waals surface area contributed by atoms with Crippen LogP contribution in [0.1, 0.15) is 16.7 Å². The number of rotatable bonds is 5. The Morgan fingerprint density at radius 1 is 1.09 bits per heavy atom. The summed E-state index contributed by atoms with van der Waals surface area (Å²) in [5.41, 5.74) is 2.94. The molecule has 2 rings (SSSR count). The Bertz CT molecular complexity index is 853. The standard InChI is InChI=1S/C17H17NO4S/c1-12-3-4-13(2)16(11-12)18-23(21,22)15-8-5-14(6-9-15)7-10-17(19)20/h3-11,18H,1-2H3,(H,19,20). The Morgan fingerprint density at radius 2 is 1.74 bits per heavy atom. The first kappa shape index (κ1) is 16.8. The molecule has 0 saturated carbocycles. The van der Waals surface area contributed by atoms with Gasteiger partial charge in [-0.25, -0.2) is 13.2 Å². The van der Waals surface area contributed by atoms with Gasteiger partial charge in [-0.2, -0.15) is 0 Å². The third-order valence-corrected chi connectivity index (χ3v) is 4.63. The number of sulfonamides is 1.